The lowest BCUT2D eigenvalue weighted by Gasteiger charge is -2.10. The van der Waals surface area contributed by atoms with Crippen LogP contribution in [0.1, 0.15) is 12.6 Å². The Hall–Kier alpha value is -2.18. The van der Waals surface area contributed by atoms with Crippen molar-refractivity contribution in [3.8, 4) is 11.6 Å². The molecular formula is C12H8F4N2O. The van der Waals surface area contributed by atoms with Crippen LogP contribution in [0.15, 0.2) is 30.6 Å². The number of halogens is 4. The Morgan fingerprint density at radius 2 is 1.84 bits per heavy atom. The molecule has 100 valence electrons. The van der Waals surface area contributed by atoms with Gasteiger partial charge < -0.3 is 4.74 Å². The smallest absolute Gasteiger partial charge is 0.288 e. The SMILES string of the molecule is CC(F)(F)c1cncc(Oc2ccc(F)c(F)c2)n1. The van der Waals surface area contributed by atoms with Gasteiger partial charge in [0.25, 0.3) is 5.92 Å². The second kappa shape index (κ2) is 4.83. The van der Waals surface area contributed by atoms with Crippen LogP contribution in [0.5, 0.6) is 11.6 Å². The van der Waals surface area contributed by atoms with Crippen molar-refractivity contribution in [1.82, 2.24) is 9.97 Å². The monoisotopic (exact) mass is 272 g/mol. The first-order valence-electron chi connectivity index (χ1n) is 5.19. The van der Waals surface area contributed by atoms with Crippen molar-refractivity contribution in [2.75, 3.05) is 0 Å². The minimum atomic E-state index is -3.17. The summed E-state index contributed by atoms with van der Waals surface area (Å²) in [5, 5.41) is 0. The molecule has 0 atom stereocenters. The number of benzene rings is 1. The van der Waals surface area contributed by atoms with Crippen molar-refractivity contribution in [2.24, 2.45) is 0 Å². The summed E-state index contributed by atoms with van der Waals surface area (Å²) in [4.78, 5) is 7.09. The van der Waals surface area contributed by atoms with Gasteiger partial charge in [0.1, 0.15) is 11.4 Å². The normalized spacial score (nSPS) is 11.4. The summed E-state index contributed by atoms with van der Waals surface area (Å²) in [5.74, 6) is -5.61. The summed E-state index contributed by atoms with van der Waals surface area (Å²) in [6, 6.07) is 2.79. The zero-order chi connectivity index (χ0) is 14.0. The molecule has 1 aromatic heterocycles. The topological polar surface area (TPSA) is 35.0 Å². The summed E-state index contributed by atoms with van der Waals surface area (Å²) in [6.07, 6.45) is 1.99. The zero-order valence-corrected chi connectivity index (χ0v) is 9.70. The molecule has 0 N–H and O–H groups in total. The van der Waals surface area contributed by atoms with E-state index in [0.717, 1.165) is 30.6 Å². The fourth-order valence-electron chi connectivity index (χ4n) is 1.27. The predicted octanol–water partition coefficient (Wildman–Crippen LogP) is 3.66. The number of aromatic nitrogens is 2. The van der Waals surface area contributed by atoms with Gasteiger partial charge in [0.05, 0.1) is 12.4 Å². The molecule has 0 amide bonds. The lowest BCUT2D eigenvalue weighted by Crippen LogP contribution is -2.10. The summed E-state index contributed by atoms with van der Waals surface area (Å²) in [7, 11) is 0. The maximum absolute atomic E-state index is 13.0. The maximum atomic E-state index is 13.0. The Morgan fingerprint density at radius 3 is 2.47 bits per heavy atom. The third kappa shape index (κ3) is 3.18. The van der Waals surface area contributed by atoms with E-state index in [4.69, 9.17) is 4.74 Å². The van der Waals surface area contributed by atoms with Gasteiger partial charge >= 0.3 is 0 Å². The minimum absolute atomic E-state index is 0.0650. The van der Waals surface area contributed by atoms with E-state index >= 15 is 0 Å². The Labute approximate surface area is 105 Å². The van der Waals surface area contributed by atoms with Crippen molar-refractivity contribution >= 4 is 0 Å². The van der Waals surface area contributed by atoms with Gasteiger partial charge in [0, 0.05) is 13.0 Å². The number of alkyl halides is 2. The Balaban J connectivity index is 2.26. The molecule has 0 saturated heterocycles. The number of rotatable bonds is 3. The quantitative estimate of drug-likeness (QED) is 0.800. The van der Waals surface area contributed by atoms with E-state index in [1.54, 1.807) is 0 Å². The first kappa shape index (κ1) is 13.3. The molecule has 7 heteroatoms. The van der Waals surface area contributed by atoms with Gasteiger partial charge in [-0.15, -0.1) is 0 Å². The van der Waals surface area contributed by atoms with E-state index in [1.807, 2.05) is 0 Å². The molecule has 19 heavy (non-hydrogen) atoms. The second-order valence-corrected chi connectivity index (χ2v) is 3.81. The van der Waals surface area contributed by atoms with Crippen LogP contribution < -0.4 is 4.74 Å². The third-order valence-corrected chi connectivity index (χ3v) is 2.18. The molecule has 0 aliphatic heterocycles. The van der Waals surface area contributed by atoms with Gasteiger partial charge in [0.2, 0.25) is 5.88 Å². The molecule has 0 bridgehead atoms. The average molecular weight is 272 g/mol. The van der Waals surface area contributed by atoms with Crippen molar-refractivity contribution < 1.29 is 22.3 Å². The molecule has 0 aliphatic rings. The van der Waals surface area contributed by atoms with Crippen LogP contribution in [0, 0.1) is 11.6 Å². The van der Waals surface area contributed by atoms with Gasteiger partial charge in [-0.1, -0.05) is 0 Å². The number of hydrogen-bond donors (Lipinski definition) is 0. The Bertz CT molecular complexity index is 599. The lowest BCUT2D eigenvalue weighted by molar-refractivity contribution is 0.0119. The van der Waals surface area contributed by atoms with Gasteiger partial charge in [0.15, 0.2) is 11.6 Å². The average Bonchev–Trinajstić information content (AvgIpc) is 2.33. The minimum Gasteiger partial charge on any atom is -0.437 e. The maximum Gasteiger partial charge on any atom is 0.288 e. The highest BCUT2D eigenvalue weighted by Gasteiger charge is 2.27. The van der Waals surface area contributed by atoms with Gasteiger partial charge in [-0.2, -0.15) is 8.78 Å². The first-order valence-corrected chi connectivity index (χ1v) is 5.19. The van der Waals surface area contributed by atoms with E-state index in [2.05, 4.69) is 9.97 Å². The standard InChI is InChI=1S/C12H8F4N2O/c1-12(15,16)10-5-17-6-11(18-10)19-7-2-3-8(13)9(14)4-7/h2-6H,1H3. The van der Waals surface area contributed by atoms with E-state index in [0.29, 0.717) is 6.92 Å². The molecule has 2 rings (SSSR count). The first-order chi connectivity index (χ1) is 8.86. The molecule has 2 aromatic rings. The van der Waals surface area contributed by atoms with Crippen LogP contribution in [0.2, 0.25) is 0 Å². The number of hydrogen-bond acceptors (Lipinski definition) is 3. The number of nitrogens with zero attached hydrogens (tertiary/aromatic N) is 2. The largest absolute Gasteiger partial charge is 0.437 e. The third-order valence-electron chi connectivity index (χ3n) is 2.18. The van der Waals surface area contributed by atoms with Crippen molar-refractivity contribution in [3.63, 3.8) is 0 Å². The highest BCUT2D eigenvalue weighted by molar-refractivity contribution is 5.27. The Morgan fingerprint density at radius 1 is 1.11 bits per heavy atom. The molecule has 0 saturated carbocycles. The van der Waals surface area contributed by atoms with Crippen LogP contribution in [-0.2, 0) is 5.92 Å². The lowest BCUT2D eigenvalue weighted by atomic mass is 10.3. The van der Waals surface area contributed by atoms with Gasteiger partial charge in [-0.25, -0.2) is 13.8 Å². The highest BCUT2D eigenvalue weighted by atomic mass is 19.3. The zero-order valence-electron chi connectivity index (χ0n) is 9.70. The predicted molar refractivity (Wildman–Crippen MR) is 58.0 cm³/mol. The molecule has 0 aliphatic carbocycles. The molecule has 0 fully saturated rings. The summed E-state index contributed by atoms with van der Waals surface area (Å²) in [6.45, 7) is 0.665. The van der Waals surface area contributed by atoms with E-state index < -0.39 is 23.3 Å². The van der Waals surface area contributed by atoms with E-state index in [1.165, 1.54) is 0 Å². The van der Waals surface area contributed by atoms with Crippen molar-refractivity contribution in [1.29, 1.82) is 0 Å². The molecule has 3 nitrogen and oxygen atoms in total. The summed E-state index contributed by atoms with van der Waals surface area (Å²) in [5.41, 5.74) is -0.576. The van der Waals surface area contributed by atoms with Gasteiger partial charge in [-0.05, 0) is 12.1 Å². The van der Waals surface area contributed by atoms with Crippen LogP contribution in [0.4, 0.5) is 17.6 Å². The molecule has 1 aromatic carbocycles. The molecule has 0 unspecified atom stereocenters. The number of ether oxygens (including phenoxy) is 1. The summed E-state index contributed by atoms with van der Waals surface area (Å²) < 4.78 is 56.7. The van der Waals surface area contributed by atoms with Crippen LogP contribution in [0.25, 0.3) is 0 Å². The fraction of sp³-hybridized carbons (Fsp3) is 0.167. The molecule has 1 heterocycles. The molecular weight excluding hydrogens is 264 g/mol. The van der Waals surface area contributed by atoms with Gasteiger partial charge in [-0.3, -0.25) is 4.98 Å². The van der Waals surface area contributed by atoms with Crippen LogP contribution in [0.3, 0.4) is 0 Å². The highest BCUT2D eigenvalue weighted by Crippen LogP contribution is 2.27. The Kier molecular flexibility index (Phi) is 3.37. The summed E-state index contributed by atoms with van der Waals surface area (Å²) >= 11 is 0. The van der Waals surface area contributed by atoms with E-state index in [9.17, 15) is 17.6 Å². The van der Waals surface area contributed by atoms with E-state index in [-0.39, 0.29) is 11.6 Å². The second-order valence-electron chi connectivity index (χ2n) is 3.81. The van der Waals surface area contributed by atoms with Crippen molar-refractivity contribution in [2.45, 2.75) is 12.8 Å². The van der Waals surface area contributed by atoms with Crippen molar-refractivity contribution in [3.05, 3.63) is 47.9 Å². The molecule has 0 radical (unpaired) electrons. The van der Waals surface area contributed by atoms with Crippen LogP contribution in [-0.4, -0.2) is 9.97 Å². The molecule has 0 spiro atoms. The van der Waals surface area contributed by atoms with Crippen LogP contribution >= 0.6 is 0 Å². The fourth-order valence-corrected chi connectivity index (χ4v) is 1.27.